The normalized spacial score (nSPS) is 16.8. The highest BCUT2D eigenvalue weighted by Crippen LogP contribution is 2.40. The zero-order valence-electron chi connectivity index (χ0n) is 14.8. The standard InChI is InChI=1S/C18H21NO7/c1-10(20)15-16(11-6-7-12(25-2)13(9-11)26-3)19(18(24)17(15)23)8-4-5-14(21)22/h6-7,9,16,23H,4-5,8H2,1-3H3,(H,21,22). The number of hydrogen-bond donors (Lipinski definition) is 2. The summed E-state index contributed by atoms with van der Waals surface area (Å²) < 4.78 is 10.5. The summed E-state index contributed by atoms with van der Waals surface area (Å²) in [5, 5.41) is 19.0. The van der Waals surface area contributed by atoms with Gasteiger partial charge in [0.2, 0.25) is 0 Å². The molecule has 2 N–H and O–H groups in total. The van der Waals surface area contributed by atoms with Gasteiger partial charge in [-0.2, -0.15) is 0 Å². The van der Waals surface area contributed by atoms with Crippen molar-refractivity contribution in [1.82, 2.24) is 4.90 Å². The second-order valence-electron chi connectivity index (χ2n) is 5.83. The summed E-state index contributed by atoms with van der Waals surface area (Å²) in [5.41, 5.74) is 0.540. The summed E-state index contributed by atoms with van der Waals surface area (Å²) >= 11 is 0. The largest absolute Gasteiger partial charge is 0.503 e. The maximum atomic E-state index is 12.4. The predicted octanol–water partition coefficient (Wildman–Crippen LogP) is 1.85. The van der Waals surface area contributed by atoms with Gasteiger partial charge in [0.1, 0.15) is 0 Å². The number of aliphatic hydroxyl groups is 1. The molecule has 26 heavy (non-hydrogen) atoms. The second kappa shape index (κ2) is 7.90. The molecule has 1 aromatic carbocycles. The van der Waals surface area contributed by atoms with E-state index in [9.17, 15) is 19.5 Å². The molecule has 1 aliphatic heterocycles. The molecule has 2 rings (SSSR count). The van der Waals surface area contributed by atoms with Crippen LogP contribution in [0.15, 0.2) is 29.5 Å². The van der Waals surface area contributed by atoms with E-state index >= 15 is 0 Å². The molecule has 140 valence electrons. The van der Waals surface area contributed by atoms with Crippen molar-refractivity contribution < 1.29 is 34.1 Å². The number of methoxy groups -OCH3 is 2. The number of ether oxygens (including phenoxy) is 2. The van der Waals surface area contributed by atoms with Crippen molar-refractivity contribution in [3.05, 3.63) is 35.1 Å². The van der Waals surface area contributed by atoms with Crippen LogP contribution in [-0.4, -0.2) is 53.5 Å². The molecule has 1 aliphatic rings. The number of nitrogens with zero attached hydrogens (tertiary/aromatic N) is 1. The molecule has 8 heteroatoms. The first-order chi connectivity index (χ1) is 12.3. The first-order valence-electron chi connectivity index (χ1n) is 8.00. The van der Waals surface area contributed by atoms with Gasteiger partial charge < -0.3 is 24.6 Å². The Morgan fingerprint density at radius 1 is 1.19 bits per heavy atom. The smallest absolute Gasteiger partial charge is 0.303 e. The fourth-order valence-corrected chi connectivity index (χ4v) is 3.01. The molecular formula is C18H21NO7. The van der Waals surface area contributed by atoms with E-state index in [1.54, 1.807) is 18.2 Å². The quantitative estimate of drug-likeness (QED) is 0.724. The van der Waals surface area contributed by atoms with Crippen molar-refractivity contribution in [2.24, 2.45) is 0 Å². The highest BCUT2D eigenvalue weighted by molar-refractivity contribution is 6.08. The molecule has 0 saturated heterocycles. The summed E-state index contributed by atoms with van der Waals surface area (Å²) in [4.78, 5) is 36.5. The molecular weight excluding hydrogens is 342 g/mol. The zero-order chi connectivity index (χ0) is 19.4. The van der Waals surface area contributed by atoms with Crippen LogP contribution in [0.1, 0.15) is 31.4 Å². The van der Waals surface area contributed by atoms with Crippen molar-refractivity contribution in [1.29, 1.82) is 0 Å². The van der Waals surface area contributed by atoms with Crippen molar-refractivity contribution in [2.45, 2.75) is 25.8 Å². The van der Waals surface area contributed by atoms with Crippen LogP contribution in [0.2, 0.25) is 0 Å². The third-order valence-corrected chi connectivity index (χ3v) is 4.20. The summed E-state index contributed by atoms with van der Waals surface area (Å²) in [5.74, 6) is -1.82. The molecule has 0 bridgehead atoms. The number of carboxylic acid groups (broad SMARTS) is 1. The van der Waals surface area contributed by atoms with Crippen molar-refractivity contribution in [2.75, 3.05) is 20.8 Å². The minimum Gasteiger partial charge on any atom is -0.503 e. The SMILES string of the molecule is COc1ccc(C2C(C(C)=O)=C(O)C(=O)N2CCCC(=O)O)cc1OC. The maximum Gasteiger partial charge on any atom is 0.303 e. The number of carboxylic acids is 1. The summed E-state index contributed by atoms with van der Waals surface area (Å²) in [6.45, 7) is 1.36. The highest BCUT2D eigenvalue weighted by Gasteiger charge is 2.42. The Morgan fingerprint density at radius 2 is 1.85 bits per heavy atom. The summed E-state index contributed by atoms with van der Waals surface area (Å²) in [6, 6.07) is 4.13. The van der Waals surface area contributed by atoms with E-state index in [0.717, 1.165) is 0 Å². The van der Waals surface area contributed by atoms with Gasteiger partial charge in [-0.3, -0.25) is 14.4 Å². The monoisotopic (exact) mass is 363 g/mol. The predicted molar refractivity (Wildman–Crippen MR) is 91.2 cm³/mol. The number of hydrogen-bond acceptors (Lipinski definition) is 6. The fraction of sp³-hybridized carbons (Fsp3) is 0.389. The number of benzene rings is 1. The third-order valence-electron chi connectivity index (χ3n) is 4.20. The van der Waals surface area contributed by atoms with Gasteiger partial charge in [-0.25, -0.2) is 0 Å². The molecule has 0 fully saturated rings. The van der Waals surface area contributed by atoms with Crippen LogP contribution in [0.25, 0.3) is 0 Å². The van der Waals surface area contributed by atoms with Gasteiger partial charge in [0.15, 0.2) is 23.0 Å². The first-order valence-corrected chi connectivity index (χ1v) is 8.00. The molecule has 0 radical (unpaired) electrons. The number of Topliss-reactive ketones (excluding diaryl/α,β-unsaturated/α-hetero) is 1. The van der Waals surface area contributed by atoms with Crippen LogP contribution in [0, 0.1) is 0 Å². The number of rotatable bonds is 8. The average Bonchev–Trinajstić information content (AvgIpc) is 2.85. The Morgan fingerprint density at radius 3 is 2.38 bits per heavy atom. The molecule has 0 saturated carbocycles. The fourth-order valence-electron chi connectivity index (χ4n) is 3.01. The van der Waals surface area contributed by atoms with Crippen LogP contribution in [0.5, 0.6) is 11.5 Å². The Labute approximate surface area is 150 Å². The molecule has 1 unspecified atom stereocenters. The van der Waals surface area contributed by atoms with Crippen molar-refractivity contribution >= 4 is 17.7 Å². The number of aliphatic carboxylic acids is 1. The Hall–Kier alpha value is -3.03. The summed E-state index contributed by atoms with van der Waals surface area (Å²) in [6.07, 6.45) is 0.0714. The number of carbonyl (C=O) groups excluding carboxylic acids is 2. The lowest BCUT2D eigenvalue weighted by Gasteiger charge is -2.27. The van der Waals surface area contributed by atoms with E-state index in [1.807, 2.05) is 0 Å². The van der Waals surface area contributed by atoms with E-state index in [0.29, 0.717) is 17.1 Å². The number of amides is 1. The van der Waals surface area contributed by atoms with Gasteiger partial charge in [-0.05, 0) is 31.0 Å². The van der Waals surface area contributed by atoms with Crippen LogP contribution in [0.4, 0.5) is 0 Å². The summed E-state index contributed by atoms with van der Waals surface area (Å²) in [7, 11) is 2.95. The van der Waals surface area contributed by atoms with Gasteiger partial charge >= 0.3 is 5.97 Å². The van der Waals surface area contributed by atoms with Crippen molar-refractivity contribution in [3.8, 4) is 11.5 Å². The van der Waals surface area contributed by atoms with Crippen LogP contribution >= 0.6 is 0 Å². The minimum atomic E-state index is -0.983. The van der Waals surface area contributed by atoms with E-state index in [2.05, 4.69) is 0 Å². The molecule has 0 aliphatic carbocycles. The van der Waals surface area contributed by atoms with Gasteiger partial charge in [0, 0.05) is 13.0 Å². The Balaban J connectivity index is 2.45. The molecule has 1 heterocycles. The van der Waals surface area contributed by atoms with Gasteiger partial charge in [-0.15, -0.1) is 0 Å². The maximum absolute atomic E-state index is 12.4. The number of ketones is 1. The van der Waals surface area contributed by atoms with Gasteiger partial charge in [0.25, 0.3) is 5.91 Å². The molecule has 1 aromatic rings. The zero-order valence-corrected chi connectivity index (χ0v) is 14.8. The Bertz CT molecular complexity index is 769. The lowest BCUT2D eigenvalue weighted by molar-refractivity contribution is -0.138. The molecule has 0 spiro atoms. The molecule has 1 atom stereocenters. The molecule has 0 aromatic heterocycles. The van der Waals surface area contributed by atoms with Crippen LogP contribution < -0.4 is 9.47 Å². The van der Waals surface area contributed by atoms with E-state index < -0.39 is 29.5 Å². The van der Waals surface area contributed by atoms with Gasteiger partial charge in [0.05, 0.1) is 25.8 Å². The third kappa shape index (κ3) is 3.63. The highest BCUT2D eigenvalue weighted by atomic mass is 16.5. The van der Waals surface area contributed by atoms with Gasteiger partial charge in [-0.1, -0.05) is 6.07 Å². The number of carbonyl (C=O) groups is 3. The lowest BCUT2D eigenvalue weighted by Crippen LogP contribution is -2.32. The van der Waals surface area contributed by atoms with Crippen molar-refractivity contribution in [3.63, 3.8) is 0 Å². The van der Waals surface area contributed by atoms with E-state index in [4.69, 9.17) is 14.6 Å². The minimum absolute atomic E-state index is 0.0162. The topological polar surface area (TPSA) is 113 Å². The van der Waals surface area contributed by atoms with E-state index in [-0.39, 0.29) is 25.0 Å². The van der Waals surface area contributed by atoms with E-state index in [1.165, 1.54) is 26.0 Å². The molecule has 1 amide bonds. The van der Waals surface area contributed by atoms with Crippen LogP contribution in [-0.2, 0) is 14.4 Å². The second-order valence-corrected chi connectivity index (χ2v) is 5.83. The first kappa shape index (κ1) is 19.3. The Kier molecular flexibility index (Phi) is 5.86. The number of aliphatic hydroxyl groups excluding tert-OH is 1. The average molecular weight is 363 g/mol. The molecule has 8 nitrogen and oxygen atoms in total. The van der Waals surface area contributed by atoms with Crippen LogP contribution in [0.3, 0.4) is 0 Å². The lowest BCUT2D eigenvalue weighted by atomic mass is 9.96.